The van der Waals surface area contributed by atoms with Crippen molar-refractivity contribution < 1.29 is 8.84 Å². The molecule has 1 aromatic rings. The van der Waals surface area contributed by atoms with E-state index in [2.05, 4.69) is 13.1 Å². The lowest BCUT2D eigenvalue weighted by Gasteiger charge is -2.18. The lowest BCUT2D eigenvalue weighted by Crippen LogP contribution is -2.43. The largest absolute Gasteiger partial charge is 0.468 e. The van der Waals surface area contributed by atoms with E-state index in [1.54, 1.807) is 0 Å². The summed E-state index contributed by atoms with van der Waals surface area (Å²) in [7, 11) is -1.73. The first kappa shape index (κ1) is 9.54. The summed E-state index contributed by atoms with van der Waals surface area (Å²) in [6.07, 6.45) is 0. The molecule has 0 radical (unpaired) electrons. The van der Waals surface area contributed by atoms with E-state index in [-0.39, 0.29) is 0 Å². The van der Waals surface area contributed by atoms with Crippen LogP contribution in [0.2, 0.25) is 13.1 Å². The molecule has 1 rings (SSSR count). The highest BCUT2D eigenvalue weighted by Gasteiger charge is 2.28. The van der Waals surface area contributed by atoms with Gasteiger partial charge in [0.1, 0.15) is 11.1 Å². The fourth-order valence-electron chi connectivity index (χ4n) is 1.19. The SMILES string of the molecule is CCO[Si](C)(C)c1ccc(C)o1. The number of hydrogen-bond acceptors (Lipinski definition) is 2. The van der Waals surface area contributed by atoms with Crippen molar-refractivity contribution in [2.24, 2.45) is 0 Å². The van der Waals surface area contributed by atoms with Crippen LogP contribution in [0.1, 0.15) is 12.7 Å². The molecule has 12 heavy (non-hydrogen) atoms. The van der Waals surface area contributed by atoms with Crippen LogP contribution in [-0.2, 0) is 4.43 Å². The Hall–Kier alpha value is -0.543. The molecule has 0 atom stereocenters. The van der Waals surface area contributed by atoms with Crippen molar-refractivity contribution in [1.29, 1.82) is 0 Å². The van der Waals surface area contributed by atoms with Crippen molar-refractivity contribution in [2.45, 2.75) is 26.9 Å². The van der Waals surface area contributed by atoms with Gasteiger partial charge in [0.05, 0.1) is 0 Å². The van der Waals surface area contributed by atoms with Crippen LogP contribution in [0.25, 0.3) is 0 Å². The number of hydrogen-bond donors (Lipinski definition) is 0. The molecule has 0 aromatic carbocycles. The molecular weight excluding hydrogens is 168 g/mol. The van der Waals surface area contributed by atoms with E-state index in [4.69, 9.17) is 8.84 Å². The van der Waals surface area contributed by atoms with Gasteiger partial charge < -0.3 is 8.84 Å². The Kier molecular flexibility index (Phi) is 2.75. The third-order valence-electron chi connectivity index (χ3n) is 1.84. The van der Waals surface area contributed by atoms with Crippen molar-refractivity contribution in [3.8, 4) is 0 Å². The van der Waals surface area contributed by atoms with E-state index in [1.165, 1.54) is 0 Å². The summed E-state index contributed by atoms with van der Waals surface area (Å²) in [6.45, 7) is 9.03. The average Bonchev–Trinajstić information content (AvgIpc) is 2.36. The second-order valence-electron chi connectivity index (χ2n) is 3.35. The van der Waals surface area contributed by atoms with Crippen LogP contribution in [-0.4, -0.2) is 14.9 Å². The van der Waals surface area contributed by atoms with Gasteiger partial charge in [-0.25, -0.2) is 0 Å². The zero-order valence-corrected chi connectivity index (χ0v) is 9.18. The molecule has 1 aromatic heterocycles. The molecule has 3 heteroatoms. The molecule has 0 aliphatic heterocycles. The van der Waals surface area contributed by atoms with Gasteiger partial charge in [0.2, 0.25) is 0 Å². The summed E-state index contributed by atoms with van der Waals surface area (Å²) in [5.41, 5.74) is 0. The molecule has 2 nitrogen and oxygen atoms in total. The first-order chi connectivity index (χ1) is 5.56. The van der Waals surface area contributed by atoms with Gasteiger partial charge >= 0.3 is 0 Å². The second kappa shape index (κ2) is 3.45. The standard InChI is InChI=1S/C9H16O2Si/c1-5-10-12(3,4)9-7-6-8(2)11-9/h6-7H,5H2,1-4H3. The molecule has 0 aliphatic rings. The molecule has 0 saturated carbocycles. The maximum Gasteiger partial charge on any atom is 0.257 e. The summed E-state index contributed by atoms with van der Waals surface area (Å²) in [5.74, 6) is 0.963. The lowest BCUT2D eigenvalue weighted by molar-refractivity contribution is 0.332. The van der Waals surface area contributed by atoms with Crippen LogP contribution < -0.4 is 5.38 Å². The average molecular weight is 184 g/mol. The third kappa shape index (κ3) is 1.99. The second-order valence-corrected chi connectivity index (χ2v) is 7.16. The Morgan fingerprint density at radius 1 is 1.42 bits per heavy atom. The third-order valence-corrected chi connectivity index (χ3v) is 4.30. The van der Waals surface area contributed by atoms with Crippen molar-refractivity contribution in [2.75, 3.05) is 6.61 Å². The normalized spacial score (nSPS) is 12.0. The highest BCUT2D eigenvalue weighted by atomic mass is 28.4. The van der Waals surface area contributed by atoms with Gasteiger partial charge in [0, 0.05) is 6.61 Å². The van der Waals surface area contributed by atoms with E-state index in [0.717, 1.165) is 17.8 Å². The minimum Gasteiger partial charge on any atom is -0.468 e. The Morgan fingerprint density at radius 3 is 2.50 bits per heavy atom. The lowest BCUT2D eigenvalue weighted by atomic mass is 10.5. The molecule has 0 N–H and O–H groups in total. The predicted molar refractivity (Wildman–Crippen MR) is 52.2 cm³/mol. The van der Waals surface area contributed by atoms with Gasteiger partial charge in [-0.15, -0.1) is 0 Å². The fourth-order valence-corrected chi connectivity index (χ4v) is 2.95. The van der Waals surface area contributed by atoms with E-state index >= 15 is 0 Å². The summed E-state index contributed by atoms with van der Waals surface area (Å²) in [5, 5.41) is 1.03. The highest BCUT2D eigenvalue weighted by Crippen LogP contribution is 2.07. The van der Waals surface area contributed by atoms with E-state index < -0.39 is 8.32 Å². The Balaban J connectivity index is 2.81. The Bertz CT molecular complexity index is 253. The minimum absolute atomic E-state index is 0.763. The topological polar surface area (TPSA) is 22.4 Å². The first-order valence-electron chi connectivity index (χ1n) is 4.27. The quantitative estimate of drug-likeness (QED) is 0.671. The molecule has 1 heterocycles. The molecule has 0 spiro atoms. The van der Waals surface area contributed by atoms with Crippen molar-refractivity contribution in [3.05, 3.63) is 17.9 Å². The molecule has 0 bridgehead atoms. The Labute approximate surface area is 74.7 Å². The van der Waals surface area contributed by atoms with Gasteiger partial charge in [-0.2, -0.15) is 0 Å². The van der Waals surface area contributed by atoms with Crippen molar-refractivity contribution >= 4 is 13.7 Å². The van der Waals surface area contributed by atoms with E-state index in [9.17, 15) is 0 Å². The van der Waals surface area contributed by atoms with Crippen LogP contribution in [0.3, 0.4) is 0 Å². The van der Waals surface area contributed by atoms with Gasteiger partial charge in [-0.05, 0) is 39.1 Å². The van der Waals surface area contributed by atoms with Crippen LogP contribution in [0.4, 0.5) is 0 Å². The molecule has 0 fully saturated rings. The summed E-state index contributed by atoms with van der Waals surface area (Å²) in [6, 6.07) is 4.01. The number of furan rings is 1. The first-order valence-corrected chi connectivity index (χ1v) is 7.18. The van der Waals surface area contributed by atoms with Crippen molar-refractivity contribution in [1.82, 2.24) is 0 Å². The zero-order chi connectivity index (χ0) is 9.19. The molecular formula is C9H16O2Si. The van der Waals surface area contributed by atoms with Crippen LogP contribution in [0.15, 0.2) is 16.5 Å². The monoisotopic (exact) mass is 184 g/mol. The predicted octanol–water partition coefficient (Wildman–Crippen LogP) is 2.04. The fraction of sp³-hybridized carbons (Fsp3) is 0.556. The van der Waals surface area contributed by atoms with Crippen LogP contribution >= 0.6 is 0 Å². The summed E-state index contributed by atoms with van der Waals surface area (Å²) >= 11 is 0. The van der Waals surface area contributed by atoms with E-state index in [1.807, 2.05) is 26.0 Å². The minimum atomic E-state index is -1.73. The summed E-state index contributed by atoms with van der Waals surface area (Å²) in [4.78, 5) is 0. The zero-order valence-electron chi connectivity index (χ0n) is 8.18. The molecule has 0 saturated heterocycles. The van der Waals surface area contributed by atoms with Gasteiger partial charge in [0.25, 0.3) is 8.32 Å². The maximum absolute atomic E-state index is 5.67. The van der Waals surface area contributed by atoms with Gasteiger partial charge in [-0.1, -0.05) is 0 Å². The molecule has 0 amide bonds. The molecule has 68 valence electrons. The van der Waals surface area contributed by atoms with Gasteiger partial charge in [-0.3, -0.25) is 0 Å². The highest BCUT2D eigenvalue weighted by molar-refractivity contribution is 6.83. The van der Waals surface area contributed by atoms with Gasteiger partial charge in [0.15, 0.2) is 0 Å². The van der Waals surface area contributed by atoms with Crippen molar-refractivity contribution in [3.63, 3.8) is 0 Å². The molecule has 0 unspecified atom stereocenters. The maximum atomic E-state index is 5.67. The van der Waals surface area contributed by atoms with E-state index in [0.29, 0.717) is 0 Å². The van der Waals surface area contributed by atoms with Crippen LogP contribution in [0.5, 0.6) is 0 Å². The van der Waals surface area contributed by atoms with Crippen LogP contribution in [0, 0.1) is 6.92 Å². The number of aryl methyl sites for hydroxylation is 1. The number of rotatable bonds is 3. The molecule has 0 aliphatic carbocycles. The smallest absolute Gasteiger partial charge is 0.257 e. The summed E-state index contributed by atoms with van der Waals surface area (Å²) < 4.78 is 11.2. The Morgan fingerprint density at radius 2 is 2.08 bits per heavy atom.